The van der Waals surface area contributed by atoms with E-state index < -0.39 is 10.0 Å². The fourth-order valence-corrected chi connectivity index (χ4v) is 5.04. The van der Waals surface area contributed by atoms with Gasteiger partial charge in [0.1, 0.15) is 0 Å². The largest absolute Gasteiger partial charge is 0.395 e. The molecule has 0 aromatic carbocycles. The third kappa shape index (κ3) is 3.28. The van der Waals surface area contributed by atoms with Gasteiger partial charge in [0.25, 0.3) is 0 Å². The lowest BCUT2D eigenvalue weighted by Gasteiger charge is -2.31. The molecule has 0 amide bonds. The molecule has 1 aromatic rings. The van der Waals surface area contributed by atoms with Gasteiger partial charge in [-0.25, -0.2) is 18.5 Å². The summed E-state index contributed by atoms with van der Waals surface area (Å²) < 4.78 is 22.9. The van der Waals surface area contributed by atoms with Crippen LogP contribution >= 0.6 is 11.3 Å². The molecular formula is C13H22N4O3S2. The van der Waals surface area contributed by atoms with Crippen LogP contribution in [0.5, 0.6) is 0 Å². The molecule has 3 heterocycles. The van der Waals surface area contributed by atoms with Crippen LogP contribution in [0.2, 0.25) is 0 Å². The lowest BCUT2D eigenvalue weighted by Crippen LogP contribution is -2.43. The van der Waals surface area contributed by atoms with Crippen molar-refractivity contribution in [3.63, 3.8) is 0 Å². The standard InChI is InChI=1S/C13H22N4O3S2/c14-22(19,20)12-7-15-13(21-12)17-6-2-3-10(17)8-16-5-1-4-11(16)9-18/h7,10-11,18H,1-6,8-9H2,(H2,14,19,20). The molecule has 0 aliphatic carbocycles. The highest BCUT2D eigenvalue weighted by molar-refractivity contribution is 7.91. The Morgan fingerprint density at radius 3 is 2.73 bits per heavy atom. The zero-order chi connectivity index (χ0) is 15.7. The van der Waals surface area contributed by atoms with Crippen molar-refractivity contribution in [3.05, 3.63) is 6.20 Å². The first-order valence-corrected chi connectivity index (χ1v) is 9.95. The van der Waals surface area contributed by atoms with Crippen LogP contribution in [0.1, 0.15) is 25.7 Å². The zero-order valence-corrected chi connectivity index (χ0v) is 14.0. The van der Waals surface area contributed by atoms with E-state index in [1.807, 2.05) is 0 Å². The monoisotopic (exact) mass is 346 g/mol. The molecule has 2 aliphatic heterocycles. The van der Waals surface area contributed by atoms with E-state index in [1.54, 1.807) is 0 Å². The smallest absolute Gasteiger partial charge is 0.249 e. The number of rotatable bonds is 5. The normalized spacial score (nSPS) is 26.9. The third-order valence-electron chi connectivity index (χ3n) is 4.53. The van der Waals surface area contributed by atoms with Gasteiger partial charge in [0.15, 0.2) is 9.34 Å². The highest BCUT2D eigenvalue weighted by atomic mass is 32.2. The van der Waals surface area contributed by atoms with Crippen LogP contribution in [0, 0.1) is 0 Å². The van der Waals surface area contributed by atoms with E-state index in [0.717, 1.165) is 61.8 Å². The number of aliphatic hydroxyl groups is 1. The maximum absolute atomic E-state index is 11.4. The lowest BCUT2D eigenvalue weighted by atomic mass is 10.2. The minimum atomic E-state index is -3.68. The summed E-state index contributed by atoms with van der Waals surface area (Å²) in [6.07, 6.45) is 5.67. The Morgan fingerprint density at radius 2 is 2.05 bits per heavy atom. The SMILES string of the molecule is NS(=O)(=O)c1cnc(N2CCCC2CN2CCCC2CO)s1. The molecule has 2 aliphatic rings. The van der Waals surface area contributed by atoms with Crippen LogP contribution in [0.25, 0.3) is 0 Å². The van der Waals surface area contributed by atoms with Crippen molar-refractivity contribution in [3.8, 4) is 0 Å². The summed E-state index contributed by atoms with van der Waals surface area (Å²) in [5.41, 5.74) is 0. The van der Waals surface area contributed by atoms with Crippen molar-refractivity contribution in [2.45, 2.75) is 42.0 Å². The predicted molar refractivity (Wildman–Crippen MR) is 85.5 cm³/mol. The molecule has 0 radical (unpaired) electrons. The average Bonchev–Trinajstić information content (AvgIpc) is 3.17. The summed E-state index contributed by atoms with van der Waals surface area (Å²) in [6, 6.07) is 0.588. The van der Waals surface area contributed by atoms with Crippen LogP contribution in [0.4, 0.5) is 5.13 Å². The summed E-state index contributed by atoms with van der Waals surface area (Å²) in [5.74, 6) is 0. The van der Waals surface area contributed by atoms with Crippen molar-refractivity contribution in [1.82, 2.24) is 9.88 Å². The first kappa shape index (κ1) is 16.1. The number of likely N-dealkylation sites (tertiary alicyclic amines) is 1. The number of thiazole rings is 1. The van der Waals surface area contributed by atoms with Gasteiger partial charge >= 0.3 is 0 Å². The topological polar surface area (TPSA) is 99.8 Å². The number of nitrogens with two attached hydrogens (primary N) is 1. The summed E-state index contributed by atoms with van der Waals surface area (Å²) in [7, 11) is -3.68. The van der Waals surface area contributed by atoms with E-state index in [2.05, 4.69) is 14.8 Å². The second-order valence-corrected chi connectivity index (χ2v) is 8.77. The maximum atomic E-state index is 11.4. The Balaban J connectivity index is 1.72. The number of primary sulfonamides is 1. The summed E-state index contributed by atoms with van der Waals surface area (Å²) in [4.78, 5) is 8.78. The van der Waals surface area contributed by atoms with Gasteiger partial charge in [0.2, 0.25) is 10.0 Å². The molecule has 2 saturated heterocycles. The molecule has 9 heteroatoms. The number of hydrogen-bond donors (Lipinski definition) is 2. The molecule has 0 saturated carbocycles. The Morgan fingerprint density at radius 1 is 1.32 bits per heavy atom. The second-order valence-electron chi connectivity index (χ2n) is 5.97. The Hall–Kier alpha value is -0.740. The van der Waals surface area contributed by atoms with Crippen molar-refractivity contribution < 1.29 is 13.5 Å². The maximum Gasteiger partial charge on any atom is 0.249 e. The Bertz CT molecular complexity index is 619. The summed E-state index contributed by atoms with van der Waals surface area (Å²) in [6.45, 7) is 3.02. The molecule has 3 N–H and O–H groups in total. The van der Waals surface area contributed by atoms with Crippen LogP contribution in [-0.4, -0.2) is 61.7 Å². The minimum absolute atomic E-state index is 0.113. The molecule has 2 atom stereocenters. The van der Waals surface area contributed by atoms with Crippen LogP contribution in [-0.2, 0) is 10.0 Å². The Labute approximate surface area is 134 Å². The predicted octanol–water partition coefficient (Wildman–Crippen LogP) is 0.216. The van der Waals surface area contributed by atoms with Crippen LogP contribution < -0.4 is 10.0 Å². The van der Waals surface area contributed by atoms with Crippen molar-refractivity contribution in [2.75, 3.05) is 31.1 Å². The summed E-state index contributed by atoms with van der Waals surface area (Å²) in [5, 5.41) is 15.3. The van der Waals surface area contributed by atoms with Crippen LogP contribution in [0.15, 0.2) is 10.4 Å². The Kier molecular flexibility index (Phi) is 4.69. The summed E-state index contributed by atoms with van der Waals surface area (Å²) >= 11 is 1.14. The molecule has 2 fully saturated rings. The number of sulfonamides is 1. The van der Waals surface area contributed by atoms with Gasteiger partial charge in [-0.1, -0.05) is 11.3 Å². The van der Waals surface area contributed by atoms with Crippen molar-refractivity contribution >= 4 is 26.5 Å². The molecular weight excluding hydrogens is 324 g/mol. The second kappa shape index (κ2) is 6.40. The van der Waals surface area contributed by atoms with E-state index in [4.69, 9.17) is 5.14 Å². The lowest BCUT2D eigenvalue weighted by molar-refractivity contribution is 0.153. The molecule has 0 bridgehead atoms. The number of aromatic nitrogens is 1. The van der Waals surface area contributed by atoms with Crippen molar-refractivity contribution in [2.24, 2.45) is 5.14 Å². The number of anilines is 1. The first-order valence-electron chi connectivity index (χ1n) is 7.59. The van der Waals surface area contributed by atoms with Gasteiger partial charge in [-0.3, -0.25) is 4.90 Å². The first-order chi connectivity index (χ1) is 10.5. The zero-order valence-electron chi connectivity index (χ0n) is 12.4. The van der Waals surface area contributed by atoms with Gasteiger partial charge in [0.05, 0.1) is 12.8 Å². The molecule has 7 nitrogen and oxygen atoms in total. The average molecular weight is 346 g/mol. The third-order valence-corrected chi connectivity index (χ3v) is 6.97. The van der Waals surface area contributed by atoms with E-state index in [9.17, 15) is 13.5 Å². The molecule has 22 heavy (non-hydrogen) atoms. The van der Waals surface area contributed by atoms with Crippen LogP contribution in [0.3, 0.4) is 0 Å². The van der Waals surface area contributed by atoms with Crippen molar-refractivity contribution in [1.29, 1.82) is 0 Å². The highest BCUT2D eigenvalue weighted by Crippen LogP contribution is 2.32. The number of hydrogen-bond acceptors (Lipinski definition) is 7. The fraction of sp³-hybridized carbons (Fsp3) is 0.769. The van der Waals surface area contributed by atoms with Gasteiger partial charge in [-0.05, 0) is 32.2 Å². The molecule has 3 rings (SSSR count). The number of aliphatic hydroxyl groups excluding tert-OH is 1. The van der Waals surface area contributed by atoms with E-state index in [1.165, 1.54) is 6.20 Å². The quantitative estimate of drug-likeness (QED) is 0.791. The molecule has 0 spiro atoms. The number of nitrogens with zero attached hydrogens (tertiary/aromatic N) is 3. The van der Waals surface area contributed by atoms with E-state index in [0.29, 0.717) is 6.04 Å². The van der Waals surface area contributed by atoms with Gasteiger partial charge in [-0.15, -0.1) is 0 Å². The minimum Gasteiger partial charge on any atom is -0.395 e. The molecule has 124 valence electrons. The van der Waals surface area contributed by atoms with E-state index in [-0.39, 0.29) is 16.9 Å². The fourth-order valence-electron chi connectivity index (χ4n) is 3.41. The molecule has 1 aromatic heterocycles. The van der Waals surface area contributed by atoms with Gasteiger partial charge < -0.3 is 10.0 Å². The van der Waals surface area contributed by atoms with E-state index >= 15 is 0 Å². The van der Waals surface area contributed by atoms with Gasteiger partial charge in [-0.2, -0.15) is 0 Å². The van der Waals surface area contributed by atoms with Gasteiger partial charge in [0, 0.05) is 25.2 Å². The molecule has 2 unspecified atom stereocenters. The highest BCUT2D eigenvalue weighted by Gasteiger charge is 2.32.